The highest BCUT2D eigenvalue weighted by molar-refractivity contribution is 5.80. The van der Waals surface area contributed by atoms with Gasteiger partial charge in [0.2, 0.25) is 5.96 Å². The zero-order chi connectivity index (χ0) is 12.1. The summed E-state index contributed by atoms with van der Waals surface area (Å²) in [5.41, 5.74) is 2.74. The molecule has 1 unspecified atom stereocenters. The molecular weight excluding hydrogens is 202 g/mol. The average Bonchev–Trinajstić information content (AvgIpc) is 2.61. The Hall–Kier alpha value is -0.810. The first-order valence-corrected chi connectivity index (χ1v) is 6.00. The standard InChI is InChI=1S/C11H25N5/c1-9(2)13-11(14-12)16-7-5-6-10(16)8-15(3)4/h9-10H,5-8,12H2,1-4H3,(H,13,14). The van der Waals surface area contributed by atoms with Crippen LogP contribution >= 0.6 is 0 Å². The molecule has 0 aromatic rings. The van der Waals surface area contributed by atoms with Crippen molar-refractivity contribution >= 4 is 5.96 Å². The second kappa shape index (κ2) is 6.06. The zero-order valence-corrected chi connectivity index (χ0v) is 10.9. The number of hydrazine groups is 1. The molecule has 0 aromatic carbocycles. The van der Waals surface area contributed by atoms with E-state index in [4.69, 9.17) is 5.84 Å². The Bertz CT molecular complexity index is 237. The summed E-state index contributed by atoms with van der Waals surface area (Å²) in [6, 6.07) is 0.801. The summed E-state index contributed by atoms with van der Waals surface area (Å²) in [4.78, 5) is 9.03. The number of likely N-dealkylation sites (tertiary alicyclic amines) is 1. The predicted molar refractivity (Wildman–Crippen MR) is 68.2 cm³/mol. The van der Waals surface area contributed by atoms with Crippen LogP contribution in [0.5, 0.6) is 0 Å². The van der Waals surface area contributed by atoms with Crippen molar-refractivity contribution in [2.75, 3.05) is 27.2 Å². The van der Waals surface area contributed by atoms with Crippen LogP contribution < -0.4 is 11.3 Å². The lowest BCUT2D eigenvalue weighted by molar-refractivity contribution is 0.279. The number of nitrogens with zero attached hydrogens (tertiary/aromatic N) is 3. The normalized spacial score (nSPS) is 22.3. The summed E-state index contributed by atoms with van der Waals surface area (Å²) in [5, 5.41) is 0. The molecule has 5 heteroatoms. The second-order valence-corrected chi connectivity index (χ2v) is 4.94. The molecule has 1 aliphatic rings. The molecule has 94 valence electrons. The quantitative estimate of drug-likeness (QED) is 0.314. The zero-order valence-electron chi connectivity index (χ0n) is 10.9. The van der Waals surface area contributed by atoms with Gasteiger partial charge in [0.25, 0.3) is 0 Å². The number of rotatable bonds is 3. The summed E-state index contributed by atoms with van der Waals surface area (Å²) in [5.74, 6) is 6.39. The molecule has 5 nitrogen and oxygen atoms in total. The average molecular weight is 227 g/mol. The Morgan fingerprint density at radius 1 is 1.56 bits per heavy atom. The molecule has 16 heavy (non-hydrogen) atoms. The van der Waals surface area contributed by atoms with Gasteiger partial charge in [-0.1, -0.05) is 0 Å². The largest absolute Gasteiger partial charge is 0.338 e. The minimum absolute atomic E-state index is 0.270. The molecule has 3 N–H and O–H groups in total. The lowest BCUT2D eigenvalue weighted by Crippen LogP contribution is -2.49. The van der Waals surface area contributed by atoms with Crippen LogP contribution in [0.1, 0.15) is 26.7 Å². The minimum atomic E-state index is 0.270. The Balaban J connectivity index is 2.68. The van der Waals surface area contributed by atoms with Crippen LogP contribution in [0.4, 0.5) is 0 Å². The van der Waals surface area contributed by atoms with Crippen molar-refractivity contribution in [3.05, 3.63) is 0 Å². The van der Waals surface area contributed by atoms with Crippen molar-refractivity contribution in [2.24, 2.45) is 10.8 Å². The van der Waals surface area contributed by atoms with E-state index in [2.05, 4.69) is 48.2 Å². The maximum Gasteiger partial charge on any atom is 0.208 e. The van der Waals surface area contributed by atoms with E-state index in [1.54, 1.807) is 0 Å². The molecular formula is C11H25N5. The van der Waals surface area contributed by atoms with Crippen LogP contribution in [0.15, 0.2) is 4.99 Å². The molecule has 0 saturated carbocycles. The molecule has 1 saturated heterocycles. The van der Waals surface area contributed by atoms with Gasteiger partial charge >= 0.3 is 0 Å². The van der Waals surface area contributed by atoms with Crippen molar-refractivity contribution in [1.29, 1.82) is 0 Å². The first-order chi connectivity index (χ1) is 7.54. The van der Waals surface area contributed by atoms with Gasteiger partial charge in [0.05, 0.1) is 0 Å². The highest BCUT2D eigenvalue weighted by Gasteiger charge is 2.27. The molecule has 0 amide bonds. The summed E-state index contributed by atoms with van der Waals surface area (Å²) in [6.07, 6.45) is 2.44. The minimum Gasteiger partial charge on any atom is -0.338 e. The van der Waals surface area contributed by atoms with Gasteiger partial charge in [-0.25, -0.2) is 10.8 Å². The number of guanidine groups is 1. The van der Waals surface area contributed by atoms with Crippen molar-refractivity contribution in [1.82, 2.24) is 15.2 Å². The van der Waals surface area contributed by atoms with E-state index in [-0.39, 0.29) is 6.04 Å². The van der Waals surface area contributed by atoms with E-state index in [1.807, 2.05) is 0 Å². The second-order valence-electron chi connectivity index (χ2n) is 4.94. The van der Waals surface area contributed by atoms with Gasteiger partial charge in [0.15, 0.2) is 0 Å². The van der Waals surface area contributed by atoms with Crippen molar-refractivity contribution < 1.29 is 0 Å². The highest BCUT2D eigenvalue weighted by Crippen LogP contribution is 2.17. The molecule has 1 fully saturated rings. The lowest BCUT2D eigenvalue weighted by atomic mass is 10.2. The maximum absolute atomic E-state index is 5.56. The van der Waals surface area contributed by atoms with Crippen LogP contribution in [-0.4, -0.2) is 55.0 Å². The van der Waals surface area contributed by atoms with E-state index >= 15 is 0 Å². The van der Waals surface area contributed by atoms with E-state index < -0.39 is 0 Å². The van der Waals surface area contributed by atoms with E-state index in [0.29, 0.717) is 6.04 Å². The Kier molecular flexibility index (Phi) is 5.02. The van der Waals surface area contributed by atoms with Crippen LogP contribution in [0.3, 0.4) is 0 Å². The van der Waals surface area contributed by atoms with Crippen LogP contribution in [0, 0.1) is 0 Å². The van der Waals surface area contributed by atoms with Crippen LogP contribution in [0.2, 0.25) is 0 Å². The smallest absolute Gasteiger partial charge is 0.208 e. The number of nitrogens with one attached hydrogen (secondary N) is 1. The SMILES string of the molecule is CC(C)N=C(NN)N1CCCC1CN(C)C. The van der Waals surface area contributed by atoms with Crippen LogP contribution in [0.25, 0.3) is 0 Å². The molecule has 1 heterocycles. The number of hydrogen-bond donors (Lipinski definition) is 2. The van der Waals surface area contributed by atoms with E-state index in [1.165, 1.54) is 12.8 Å². The molecule has 1 atom stereocenters. The number of nitrogens with two attached hydrogens (primary N) is 1. The number of likely N-dealkylation sites (N-methyl/N-ethyl adjacent to an activating group) is 1. The molecule has 0 aromatic heterocycles. The van der Waals surface area contributed by atoms with Crippen molar-refractivity contribution in [3.8, 4) is 0 Å². The van der Waals surface area contributed by atoms with Gasteiger partial charge in [-0.2, -0.15) is 0 Å². The Morgan fingerprint density at radius 2 is 2.25 bits per heavy atom. The number of aliphatic imine (C=N–C) groups is 1. The van der Waals surface area contributed by atoms with Crippen molar-refractivity contribution in [2.45, 2.75) is 38.8 Å². The summed E-state index contributed by atoms with van der Waals surface area (Å²) in [6.45, 7) is 6.23. The summed E-state index contributed by atoms with van der Waals surface area (Å²) in [7, 11) is 4.21. The fourth-order valence-corrected chi connectivity index (χ4v) is 2.16. The van der Waals surface area contributed by atoms with Gasteiger partial charge in [0, 0.05) is 25.2 Å². The van der Waals surface area contributed by atoms with Crippen molar-refractivity contribution in [3.63, 3.8) is 0 Å². The Labute approximate surface area is 98.7 Å². The van der Waals surface area contributed by atoms with Gasteiger partial charge < -0.3 is 9.80 Å². The summed E-state index contributed by atoms with van der Waals surface area (Å²) < 4.78 is 0. The highest BCUT2D eigenvalue weighted by atomic mass is 15.4. The summed E-state index contributed by atoms with van der Waals surface area (Å²) >= 11 is 0. The monoisotopic (exact) mass is 227 g/mol. The molecule has 0 bridgehead atoms. The fourth-order valence-electron chi connectivity index (χ4n) is 2.16. The maximum atomic E-state index is 5.56. The Morgan fingerprint density at radius 3 is 2.75 bits per heavy atom. The van der Waals surface area contributed by atoms with E-state index in [0.717, 1.165) is 19.0 Å². The van der Waals surface area contributed by atoms with Gasteiger partial charge in [-0.15, -0.1) is 0 Å². The first-order valence-electron chi connectivity index (χ1n) is 6.00. The molecule has 0 aliphatic carbocycles. The van der Waals surface area contributed by atoms with Gasteiger partial charge in [-0.3, -0.25) is 5.43 Å². The van der Waals surface area contributed by atoms with E-state index in [9.17, 15) is 0 Å². The number of hydrogen-bond acceptors (Lipinski definition) is 3. The lowest BCUT2D eigenvalue weighted by Gasteiger charge is -2.29. The third-order valence-corrected chi connectivity index (χ3v) is 2.73. The fraction of sp³-hybridized carbons (Fsp3) is 0.909. The predicted octanol–water partition coefficient (Wildman–Crippen LogP) is 0.240. The topological polar surface area (TPSA) is 56.9 Å². The molecule has 1 aliphatic heterocycles. The third-order valence-electron chi connectivity index (χ3n) is 2.73. The van der Waals surface area contributed by atoms with Gasteiger partial charge in [0.1, 0.15) is 0 Å². The van der Waals surface area contributed by atoms with Gasteiger partial charge in [-0.05, 0) is 40.8 Å². The van der Waals surface area contributed by atoms with Crippen LogP contribution in [-0.2, 0) is 0 Å². The molecule has 1 rings (SSSR count). The third kappa shape index (κ3) is 3.64. The first kappa shape index (κ1) is 13.3. The molecule has 0 spiro atoms. The molecule has 0 radical (unpaired) electrons.